The lowest BCUT2D eigenvalue weighted by molar-refractivity contribution is 0.599. The van der Waals surface area contributed by atoms with Gasteiger partial charge in [0.1, 0.15) is 0 Å². The molecule has 0 aliphatic rings. The molecule has 0 amide bonds. The largest absolute Gasteiger partial charge is 0.278 e. The molecule has 0 aliphatic heterocycles. The molecule has 102 valence electrons. The van der Waals surface area contributed by atoms with Crippen LogP contribution >= 0.6 is 22.3 Å². The van der Waals surface area contributed by atoms with Gasteiger partial charge in [-0.1, -0.05) is 25.4 Å². The Morgan fingerprint density at radius 1 is 1.21 bits per heavy atom. The molecule has 0 radical (unpaired) electrons. The van der Waals surface area contributed by atoms with Crippen LogP contribution in [0.5, 0.6) is 0 Å². The van der Waals surface area contributed by atoms with Crippen molar-refractivity contribution in [2.24, 2.45) is 0 Å². The molecule has 0 spiro atoms. The van der Waals surface area contributed by atoms with Crippen LogP contribution in [0.2, 0.25) is 5.02 Å². The third-order valence-electron chi connectivity index (χ3n) is 2.61. The highest BCUT2D eigenvalue weighted by atomic mass is 35.7. The number of aromatic nitrogens is 2. The van der Waals surface area contributed by atoms with Crippen molar-refractivity contribution in [1.29, 1.82) is 0 Å². The Labute approximate surface area is 121 Å². The van der Waals surface area contributed by atoms with Crippen molar-refractivity contribution in [3.05, 3.63) is 41.0 Å². The van der Waals surface area contributed by atoms with Crippen molar-refractivity contribution in [2.45, 2.75) is 24.8 Å². The molecule has 0 saturated carbocycles. The number of nitrogens with zero attached hydrogens (tertiary/aromatic N) is 2. The van der Waals surface area contributed by atoms with E-state index in [1.165, 1.54) is 10.7 Å². The summed E-state index contributed by atoms with van der Waals surface area (Å²) in [6, 6.07) is 8.19. The van der Waals surface area contributed by atoms with Gasteiger partial charge in [-0.05, 0) is 30.2 Å². The van der Waals surface area contributed by atoms with Crippen molar-refractivity contribution < 1.29 is 8.42 Å². The fourth-order valence-electron chi connectivity index (χ4n) is 1.60. The van der Waals surface area contributed by atoms with E-state index in [0.717, 1.165) is 0 Å². The predicted octanol–water partition coefficient (Wildman–Crippen LogP) is 3.58. The molecule has 2 rings (SSSR count). The van der Waals surface area contributed by atoms with Crippen LogP contribution in [0.3, 0.4) is 0 Å². The van der Waals surface area contributed by atoms with Gasteiger partial charge in [0.2, 0.25) is 0 Å². The van der Waals surface area contributed by atoms with Crippen LogP contribution in [0.15, 0.2) is 35.4 Å². The Kier molecular flexibility index (Phi) is 3.90. The SMILES string of the molecule is CC(C)c1cc(S(=O)(=O)Cl)n(-c2ccc(Cl)cc2)n1. The first-order valence-corrected chi connectivity index (χ1v) is 8.28. The molecule has 0 N–H and O–H groups in total. The highest BCUT2D eigenvalue weighted by Gasteiger charge is 2.21. The predicted molar refractivity (Wildman–Crippen MR) is 75.7 cm³/mol. The zero-order valence-electron chi connectivity index (χ0n) is 10.3. The van der Waals surface area contributed by atoms with Crippen LogP contribution in [0.4, 0.5) is 0 Å². The fraction of sp³-hybridized carbons (Fsp3) is 0.250. The molecule has 4 nitrogen and oxygen atoms in total. The van der Waals surface area contributed by atoms with Crippen molar-refractivity contribution in [3.8, 4) is 5.69 Å². The Bertz CT molecular complexity index is 691. The summed E-state index contributed by atoms with van der Waals surface area (Å²) in [5, 5.41) is 4.81. The third kappa shape index (κ3) is 3.11. The number of benzene rings is 1. The molecule has 0 aliphatic carbocycles. The van der Waals surface area contributed by atoms with E-state index in [9.17, 15) is 8.42 Å². The summed E-state index contributed by atoms with van der Waals surface area (Å²) >= 11 is 5.81. The number of rotatable bonds is 3. The molecule has 7 heteroatoms. The van der Waals surface area contributed by atoms with Crippen LogP contribution < -0.4 is 0 Å². The Morgan fingerprint density at radius 2 is 1.79 bits per heavy atom. The lowest BCUT2D eigenvalue weighted by Gasteiger charge is -2.05. The maximum absolute atomic E-state index is 11.6. The van der Waals surface area contributed by atoms with Crippen molar-refractivity contribution in [3.63, 3.8) is 0 Å². The maximum Gasteiger partial charge on any atom is 0.278 e. The summed E-state index contributed by atoms with van der Waals surface area (Å²) in [5.41, 5.74) is 1.25. The molecule has 0 saturated heterocycles. The van der Waals surface area contributed by atoms with E-state index in [1.807, 2.05) is 13.8 Å². The monoisotopic (exact) mass is 318 g/mol. The molecule has 1 aromatic carbocycles. The molecule has 1 heterocycles. The summed E-state index contributed by atoms with van der Waals surface area (Å²) in [4.78, 5) is 0. The van der Waals surface area contributed by atoms with Crippen LogP contribution in [0.25, 0.3) is 5.69 Å². The minimum atomic E-state index is -3.86. The summed E-state index contributed by atoms with van der Waals surface area (Å²) in [5.74, 6) is 0.103. The Balaban J connectivity index is 2.64. The number of hydrogen-bond donors (Lipinski definition) is 0. The van der Waals surface area contributed by atoms with Gasteiger partial charge in [0, 0.05) is 21.8 Å². The van der Waals surface area contributed by atoms with Gasteiger partial charge in [0.15, 0.2) is 5.03 Å². The average molecular weight is 319 g/mol. The van der Waals surface area contributed by atoms with Crippen molar-refractivity contribution >= 4 is 31.3 Å². The molecular formula is C12H12Cl2N2O2S. The van der Waals surface area contributed by atoms with Gasteiger partial charge in [-0.2, -0.15) is 5.10 Å². The van der Waals surface area contributed by atoms with Gasteiger partial charge in [0.25, 0.3) is 9.05 Å². The molecule has 0 atom stereocenters. The van der Waals surface area contributed by atoms with E-state index in [1.54, 1.807) is 24.3 Å². The number of halogens is 2. The second-order valence-corrected chi connectivity index (χ2v) is 7.34. The molecule has 0 unspecified atom stereocenters. The van der Waals surface area contributed by atoms with Gasteiger partial charge in [-0.3, -0.25) is 0 Å². The molecule has 0 fully saturated rings. The molecule has 19 heavy (non-hydrogen) atoms. The fourth-order valence-corrected chi connectivity index (χ4v) is 2.67. The van der Waals surface area contributed by atoms with E-state index >= 15 is 0 Å². The lowest BCUT2D eigenvalue weighted by Crippen LogP contribution is -2.04. The molecule has 1 aromatic heterocycles. The normalized spacial score (nSPS) is 12.1. The first-order valence-electron chi connectivity index (χ1n) is 5.59. The molecular weight excluding hydrogens is 307 g/mol. The lowest BCUT2D eigenvalue weighted by atomic mass is 10.1. The second-order valence-electron chi connectivity index (χ2n) is 4.39. The summed E-state index contributed by atoms with van der Waals surface area (Å²) < 4.78 is 24.5. The van der Waals surface area contributed by atoms with Crippen LogP contribution in [0, 0.1) is 0 Å². The van der Waals surface area contributed by atoms with Crippen LogP contribution in [-0.4, -0.2) is 18.2 Å². The highest BCUT2D eigenvalue weighted by molar-refractivity contribution is 8.13. The first-order chi connectivity index (χ1) is 8.79. The third-order valence-corrected chi connectivity index (χ3v) is 4.12. The summed E-state index contributed by atoms with van der Waals surface area (Å²) in [6.45, 7) is 3.86. The van der Waals surface area contributed by atoms with Gasteiger partial charge in [-0.15, -0.1) is 0 Å². The Hall–Kier alpha value is -1.04. The van der Waals surface area contributed by atoms with E-state index < -0.39 is 9.05 Å². The standard InChI is InChI=1S/C12H12Cl2N2O2S/c1-8(2)11-7-12(19(14,17)18)16(15-11)10-5-3-9(13)4-6-10/h3-8H,1-2H3. The van der Waals surface area contributed by atoms with E-state index in [2.05, 4.69) is 5.10 Å². The smallest absolute Gasteiger partial charge is 0.221 e. The van der Waals surface area contributed by atoms with Gasteiger partial charge < -0.3 is 0 Å². The van der Waals surface area contributed by atoms with Crippen LogP contribution in [0.1, 0.15) is 25.5 Å². The minimum absolute atomic E-state index is 0.0415. The summed E-state index contributed by atoms with van der Waals surface area (Å²) in [7, 11) is 1.58. The van der Waals surface area contributed by atoms with E-state index in [0.29, 0.717) is 16.4 Å². The molecule has 0 bridgehead atoms. The number of hydrogen-bond acceptors (Lipinski definition) is 3. The summed E-state index contributed by atoms with van der Waals surface area (Å²) in [6.07, 6.45) is 0. The molecule has 2 aromatic rings. The zero-order valence-corrected chi connectivity index (χ0v) is 12.7. The Morgan fingerprint density at radius 3 is 2.26 bits per heavy atom. The van der Waals surface area contributed by atoms with Gasteiger partial charge in [-0.25, -0.2) is 13.1 Å². The quantitative estimate of drug-likeness (QED) is 0.813. The van der Waals surface area contributed by atoms with Crippen LogP contribution in [-0.2, 0) is 9.05 Å². The van der Waals surface area contributed by atoms with Crippen molar-refractivity contribution in [2.75, 3.05) is 0 Å². The maximum atomic E-state index is 11.6. The van der Waals surface area contributed by atoms with E-state index in [4.69, 9.17) is 22.3 Å². The zero-order chi connectivity index (χ0) is 14.2. The minimum Gasteiger partial charge on any atom is -0.221 e. The highest BCUT2D eigenvalue weighted by Crippen LogP contribution is 2.24. The van der Waals surface area contributed by atoms with Gasteiger partial charge >= 0.3 is 0 Å². The van der Waals surface area contributed by atoms with E-state index in [-0.39, 0.29) is 10.9 Å². The van der Waals surface area contributed by atoms with Crippen molar-refractivity contribution in [1.82, 2.24) is 9.78 Å². The first kappa shape index (κ1) is 14.4. The second kappa shape index (κ2) is 5.15. The van der Waals surface area contributed by atoms with Gasteiger partial charge in [0.05, 0.1) is 11.4 Å². The average Bonchev–Trinajstić information content (AvgIpc) is 2.74. The topological polar surface area (TPSA) is 52.0 Å².